The first kappa shape index (κ1) is 16.5. The number of nitrogens with zero attached hydrogens (tertiary/aromatic N) is 1. The third-order valence-corrected chi connectivity index (χ3v) is 3.40. The number of carbonyl (C=O) groups is 1. The number of benzene rings is 1. The molecular weight excluding hydrogens is 286 g/mol. The van der Waals surface area contributed by atoms with Gasteiger partial charge in [-0.1, -0.05) is 56.0 Å². The Labute approximate surface area is 136 Å². The van der Waals surface area contributed by atoms with Crippen molar-refractivity contribution >= 4 is 11.5 Å². The molecule has 0 unspecified atom stereocenters. The Morgan fingerprint density at radius 3 is 2.70 bits per heavy atom. The highest BCUT2D eigenvalue weighted by atomic mass is 16.1. The van der Waals surface area contributed by atoms with Gasteiger partial charge in [0.2, 0.25) is 5.91 Å². The summed E-state index contributed by atoms with van der Waals surface area (Å²) in [6.45, 7) is 5.82. The van der Waals surface area contributed by atoms with E-state index >= 15 is 0 Å². The molecule has 1 aromatic carbocycles. The fourth-order valence-electron chi connectivity index (χ4n) is 2.13. The van der Waals surface area contributed by atoms with Crippen LogP contribution in [0.5, 0.6) is 0 Å². The molecule has 2 rings (SSSR count). The van der Waals surface area contributed by atoms with Gasteiger partial charge in [-0.15, -0.1) is 0 Å². The normalized spacial score (nSPS) is 12.0. The zero-order valence-electron chi connectivity index (χ0n) is 13.3. The second-order valence-electron chi connectivity index (χ2n) is 5.07. The Hall–Kier alpha value is -2.88. The summed E-state index contributed by atoms with van der Waals surface area (Å²) < 4.78 is 0. The third-order valence-electron chi connectivity index (χ3n) is 3.40. The first-order chi connectivity index (χ1) is 11.2. The number of hydrogen-bond acceptors (Lipinski definition) is 2. The molecular formula is C19H21N3O. The number of nitrogens with one attached hydrogen (secondary N) is 2. The zero-order valence-corrected chi connectivity index (χ0v) is 13.3. The standard InChI is InChI=1S/C19H21N3O/c1-3-16(17-13-20-21-14-17)10-11-18(4-2)22-19(23)12-15-8-6-5-7-9-15/h3,5-11,13-14H,1,4,12H2,2H3,(H,20,21)(H,22,23)/b16-10+,18-11+. The average molecular weight is 307 g/mol. The van der Waals surface area contributed by atoms with E-state index in [1.165, 1.54) is 0 Å². The van der Waals surface area contributed by atoms with Crippen LogP contribution in [0.15, 0.2) is 73.2 Å². The minimum Gasteiger partial charge on any atom is -0.330 e. The van der Waals surface area contributed by atoms with Gasteiger partial charge < -0.3 is 5.32 Å². The van der Waals surface area contributed by atoms with Crippen LogP contribution in [0.2, 0.25) is 0 Å². The van der Waals surface area contributed by atoms with E-state index in [2.05, 4.69) is 22.1 Å². The van der Waals surface area contributed by atoms with E-state index in [1.807, 2.05) is 49.4 Å². The fourth-order valence-corrected chi connectivity index (χ4v) is 2.13. The van der Waals surface area contributed by atoms with Crippen LogP contribution < -0.4 is 5.32 Å². The highest BCUT2D eigenvalue weighted by Crippen LogP contribution is 2.14. The van der Waals surface area contributed by atoms with Crippen molar-refractivity contribution in [2.45, 2.75) is 19.8 Å². The van der Waals surface area contributed by atoms with Crippen molar-refractivity contribution in [3.63, 3.8) is 0 Å². The third kappa shape index (κ3) is 5.11. The largest absolute Gasteiger partial charge is 0.330 e. The van der Waals surface area contributed by atoms with Crippen molar-refractivity contribution in [3.05, 3.63) is 84.4 Å². The monoisotopic (exact) mass is 307 g/mol. The molecule has 0 radical (unpaired) electrons. The lowest BCUT2D eigenvalue weighted by atomic mass is 10.1. The fraction of sp³-hybridized carbons (Fsp3) is 0.158. The predicted octanol–water partition coefficient (Wildman–Crippen LogP) is 3.63. The molecule has 0 spiro atoms. The molecule has 1 amide bonds. The lowest BCUT2D eigenvalue weighted by Crippen LogP contribution is -2.24. The summed E-state index contributed by atoms with van der Waals surface area (Å²) in [6, 6.07) is 9.70. The van der Waals surface area contributed by atoms with Crippen molar-refractivity contribution in [2.24, 2.45) is 0 Å². The summed E-state index contributed by atoms with van der Waals surface area (Å²) in [5, 5.41) is 9.67. The number of H-pyrrole nitrogens is 1. The number of hydrogen-bond donors (Lipinski definition) is 2. The van der Waals surface area contributed by atoms with E-state index in [0.717, 1.165) is 28.8 Å². The van der Waals surface area contributed by atoms with Crippen LogP contribution in [0.4, 0.5) is 0 Å². The minimum atomic E-state index is -0.0128. The summed E-state index contributed by atoms with van der Waals surface area (Å²) in [7, 11) is 0. The van der Waals surface area contributed by atoms with E-state index in [1.54, 1.807) is 18.5 Å². The van der Waals surface area contributed by atoms with Crippen LogP contribution in [0, 0.1) is 0 Å². The van der Waals surface area contributed by atoms with Gasteiger partial charge in [0.25, 0.3) is 0 Å². The Kier molecular flexibility index (Phi) is 6.12. The quantitative estimate of drug-likeness (QED) is 0.767. The molecule has 1 heterocycles. The van der Waals surface area contributed by atoms with Gasteiger partial charge in [-0.2, -0.15) is 5.10 Å². The molecule has 4 nitrogen and oxygen atoms in total. The number of amides is 1. The number of carbonyl (C=O) groups excluding carboxylic acids is 1. The van der Waals surface area contributed by atoms with Crippen LogP contribution in [0.3, 0.4) is 0 Å². The lowest BCUT2D eigenvalue weighted by molar-refractivity contribution is -0.119. The van der Waals surface area contributed by atoms with Crippen LogP contribution in [-0.4, -0.2) is 16.1 Å². The second kappa shape index (κ2) is 8.54. The van der Waals surface area contributed by atoms with Gasteiger partial charge in [0, 0.05) is 17.5 Å². The van der Waals surface area contributed by atoms with E-state index in [0.29, 0.717) is 6.42 Å². The summed E-state index contributed by atoms with van der Waals surface area (Å²) in [5.41, 5.74) is 3.78. The summed E-state index contributed by atoms with van der Waals surface area (Å²) in [6.07, 6.45) is 10.3. The van der Waals surface area contributed by atoms with Crippen molar-refractivity contribution in [3.8, 4) is 0 Å². The molecule has 1 aromatic heterocycles. The number of allylic oxidation sites excluding steroid dienone is 5. The first-order valence-corrected chi connectivity index (χ1v) is 7.59. The predicted molar refractivity (Wildman–Crippen MR) is 93.4 cm³/mol. The van der Waals surface area contributed by atoms with Crippen molar-refractivity contribution < 1.29 is 4.79 Å². The minimum absolute atomic E-state index is 0.0128. The van der Waals surface area contributed by atoms with Gasteiger partial charge in [-0.3, -0.25) is 9.89 Å². The van der Waals surface area contributed by atoms with Crippen LogP contribution in [-0.2, 0) is 11.2 Å². The second-order valence-corrected chi connectivity index (χ2v) is 5.07. The summed E-state index contributed by atoms with van der Waals surface area (Å²) >= 11 is 0. The van der Waals surface area contributed by atoms with Crippen molar-refractivity contribution in [1.82, 2.24) is 15.5 Å². The van der Waals surface area contributed by atoms with Gasteiger partial charge in [0.1, 0.15) is 0 Å². The Bertz CT molecular complexity index is 697. The van der Waals surface area contributed by atoms with Crippen LogP contribution in [0.1, 0.15) is 24.5 Å². The lowest BCUT2D eigenvalue weighted by Gasteiger charge is -2.07. The Morgan fingerprint density at radius 2 is 2.09 bits per heavy atom. The summed E-state index contributed by atoms with van der Waals surface area (Å²) in [5.74, 6) is -0.0128. The maximum atomic E-state index is 12.1. The molecule has 0 atom stereocenters. The van der Waals surface area contributed by atoms with Crippen LogP contribution in [0.25, 0.3) is 5.57 Å². The van der Waals surface area contributed by atoms with E-state index in [9.17, 15) is 4.79 Å². The SMILES string of the molecule is C=C/C(=C\C=C(/CC)NC(=O)Cc1ccccc1)c1cn[nH]c1. The van der Waals surface area contributed by atoms with Gasteiger partial charge in [-0.25, -0.2) is 0 Å². The molecule has 118 valence electrons. The zero-order chi connectivity index (χ0) is 16.5. The topological polar surface area (TPSA) is 57.8 Å². The highest BCUT2D eigenvalue weighted by molar-refractivity contribution is 5.80. The smallest absolute Gasteiger partial charge is 0.228 e. The first-order valence-electron chi connectivity index (χ1n) is 7.59. The highest BCUT2D eigenvalue weighted by Gasteiger charge is 2.04. The molecule has 2 N–H and O–H groups in total. The van der Waals surface area contributed by atoms with Gasteiger partial charge >= 0.3 is 0 Å². The van der Waals surface area contributed by atoms with Crippen molar-refractivity contribution in [2.75, 3.05) is 0 Å². The molecule has 4 heteroatoms. The molecule has 0 aliphatic carbocycles. The molecule has 0 fully saturated rings. The molecule has 0 saturated heterocycles. The van der Waals surface area contributed by atoms with Gasteiger partial charge in [0.15, 0.2) is 0 Å². The molecule has 2 aromatic rings. The average Bonchev–Trinajstić information content (AvgIpc) is 3.09. The van der Waals surface area contributed by atoms with Crippen LogP contribution >= 0.6 is 0 Å². The van der Waals surface area contributed by atoms with E-state index < -0.39 is 0 Å². The summed E-state index contributed by atoms with van der Waals surface area (Å²) in [4.78, 5) is 12.1. The molecule has 23 heavy (non-hydrogen) atoms. The van der Waals surface area contributed by atoms with E-state index in [4.69, 9.17) is 0 Å². The maximum absolute atomic E-state index is 12.1. The Morgan fingerprint density at radius 1 is 1.30 bits per heavy atom. The van der Waals surface area contributed by atoms with Gasteiger partial charge in [-0.05, 0) is 23.6 Å². The molecule has 0 saturated carbocycles. The molecule has 0 aliphatic heterocycles. The number of rotatable bonds is 7. The maximum Gasteiger partial charge on any atom is 0.228 e. The number of aromatic nitrogens is 2. The van der Waals surface area contributed by atoms with Crippen molar-refractivity contribution in [1.29, 1.82) is 0 Å². The number of aromatic amines is 1. The Balaban J connectivity index is 2.04. The molecule has 0 bridgehead atoms. The van der Waals surface area contributed by atoms with Gasteiger partial charge in [0.05, 0.1) is 12.6 Å². The molecule has 0 aliphatic rings. The van der Waals surface area contributed by atoms with E-state index in [-0.39, 0.29) is 5.91 Å².